The predicted molar refractivity (Wildman–Crippen MR) is 48.3 cm³/mol. The largest absolute Gasteiger partial charge is 0.481 e. The molecule has 0 radical (unpaired) electrons. The first-order chi connectivity index (χ1) is 6.04. The van der Waals surface area contributed by atoms with Crippen LogP contribution < -0.4 is 11.5 Å². The molecule has 0 saturated heterocycles. The zero-order valence-electron chi connectivity index (χ0n) is 7.56. The summed E-state index contributed by atoms with van der Waals surface area (Å²) in [5.41, 5.74) is 10.1. The van der Waals surface area contributed by atoms with E-state index in [1.165, 1.54) is 0 Å². The Hall–Kier alpha value is -1.30. The highest BCUT2D eigenvalue weighted by atomic mass is 16.5. The summed E-state index contributed by atoms with van der Waals surface area (Å²) >= 11 is 0. The number of aliphatic imine (C=N–C) groups is 1. The molecule has 6 heteroatoms. The second-order valence-corrected chi connectivity index (χ2v) is 2.62. The topological polar surface area (TPSA) is 111 Å². The molecule has 0 fully saturated rings. The van der Waals surface area contributed by atoms with Crippen LogP contribution in [-0.2, 0) is 9.53 Å². The monoisotopic (exact) mass is 189 g/mol. The van der Waals surface area contributed by atoms with Gasteiger partial charge in [0.05, 0.1) is 25.7 Å². The van der Waals surface area contributed by atoms with Crippen LogP contribution in [0.1, 0.15) is 6.92 Å². The van der Waals surface area contributed by atoms with Crippen LogP contribution in [0.15, 0.2) is 4.99 Å². The van der Waals surface area contributed by atoms with Crippen LogP contribution in [0.4, 0.5) is 0 Å². The van der Waals surface area contributed by atoms with E-state index in [4.69, 9.17) is 21.3 Å². The number of hydrogen-bond acceptors (Lipinski definition) is 3. The predicted octanol–water partition coefficient (Wildman–Crippen LogP) is -1.00. The summed E-state index contributed by atoms with van der Waals surface area (Å²) in [5, 5.41) is 8.48. The standard InChI is InChI=1S/C7H15N3O3/c1-5(6(11)12)4-13-3-2-10-7(8)9/h5H,2-4H2,1H3,(H,11,12)(H4,8,9,10). The van der Waals surface area contributed by atoms with Gasteiger partial charge in [-0.15, -0.1) is 0 Å². The molecule has 0 spiro atoms. The fraction of sp³-hybridized carbons (Fsp3) is 0.714. The van der Waals surface area contributed by atoms with Crippen molar-refractivity contribution in [1.29, 1.82) is 0 Å². The molecule has 1 atom stereocenters. The van der Waals surface area contributed by atoms with Crippen molar-refractivity contribution in [1.82, 2.24) is 0 Å². The van der Waals surface area contributed by atoms with E-state index < -0.39 is 11.9 Å². The summed E-state index contributed by atoms with van der Waals surface area (Å²) in [6.07, 6.45) is 0. The summed E-state index contributed by atoms with van der Waals surface area (Å²) in [7, 11) is 0. The molecule has 0 aliphatic rings. The minimum Gasteiger partial charge on any atom is -0.481 e. The molecule has 0 bridgehead atoms. The minimum atomic E-state index is -0.873. The summed E-state index contributed by atoms with van der Waals surface area (Å²) in [6.45, 7) is 2.43. The van der Waals surface area contributed by atoms with Crippen LogP contribution in [0.5, 0.6) is 0 Å². The number of carbonyl (C=O) groups is 1. The van der Waals surface area contributed by atoms with Gasteiger partial charge in [-0.3, -0.25) is 9.79 Å². The highest BCUT2D eigenvalue weighted by Gasteiger charge is 2.09. The SMILES string of the molecule is CC(COCCN=C(N)N)C(=O)O. The molecule has 0 rings (SSSR count). The Morgan fingerprint density at radius 2 is 2.23 bits per heavy atom. The van der Waals surface area contributed by atoms with Crippen LogP contribution in [0.25, 0.3) is 0 Å². The molecular weight excluding hydrogens is 174 g/mol. The molecule has 0 aromatic rings. The van der Waals surface area contributed by atoms with Crippen LogP contribution in [0.2, 0.25) is 0 Å². The summed E-state index contributed by atoms with van der Waals surface area (Å²) in [5.74, 6) is -1.36. The van der Waals surface area contributed by atoms with E-state index in [2.05, 4.69) is 4.99 Å². The number of carboxylic acid groups (broad SMARTS) is 1. The Labute approximate surface area is 76.6 Å². The van der Waals surface area contributed by atoms with Crippen molar-refractivity contribution in [2.24, 2.45) is 22.4 Å². The van der Waals surface area contributed by atoms with Gasteiger partial charge in [-0.25, -0.2) is 0 Å². The van der Waals surface area contributed by atoms with E-state index in [0.29, 0.717) is 13.2 Å². The number of guanidine groups is 1. The third kappa shape index (κ3) is 7.07. The maximum absolute atomic E-state index is 10.3. The minimum absolute atomic E-state index is 0.00915. The van der Waals surface area contributed by atoms with Gasteiger partial charge < -0.3 is 21.3 Å². The first-order valence-electron chi connectivity index (χ1n) is 3.90. The van der Waals surface area contributed by atoms with Crippen molar-refractivity contribution in [3.8, 4) is 0 Å². The highest BCUT2D eigenvalue weighted by Crippen LogP contribution is 1.94. The van der Waals surface area contributed by atoms with E-state index in [9.17, 15) is 4.79 Å². The van der Waals surface area contributed by atoms with Gasteiger partial charge in [-0.05, 0) is 6.92 Å². The Balaban J connectivity index is 3.36. The van der Waals surface area contributed by atoms with Crippen LogP contribution in [-0.4, -0.2) is 36.8 Å². The van der Waals surface area contributed by atoms with E-state index in [1.807, 2.05) is 0 Å². The Kier molecular flexibility index (Phi) is 5.62. The fourth-order valence-corrected chi connectivity index (χ4v) is 0.571. The Morgan fingerprint density at radius 1 is 1.62 bits per heavy atom. The lowest BCUT2D eigenvalue weighted by molar-refractivity contribution is -0.143. The lowest BCUT2D eigenvalue weighted by Gasteiger charge is -2.05. The number of hydrogen-bond donors (Lipinski definition) is 3. The van der Waals surface area contributed by atoms with Gasteiger partial charge in [0.25, 0.3) is 0 Å². The van der Waals surface area contributed by atoms with Crippen LogP contribution >= 0.6 is 0 Å². The molecule has 0 aliphatic carbocycles. The first-order valence-corrected chi connectivity index (χ1v) is 3.90. The van der Waals surface area contributed by atoms with Crippen molar-refractivity contribution in [3.05, 3.63) is 0 Å². The molecule has 6 nitrogen and oxygen atoms in total. The first kappa shape index (κ1) is 11.7. The number of nitrogens with zero attached hydrogens (tertiary/aromatic N) is 1. The van der Waals surface area contributed by atoms with Gasteiger partial charge in [-0.1, -0.05) is 0 Å². The van der Waals surface area contributed by atoms with Crippen molar-refractivity contribution >= 4 is 11.9 Å². The van der Waals surface area contributed by atoms with Gasteiger partial charge in [0.2, 0.25) is 0 Å². The van der Waals surface area contributed by atoms with Crippen LogP contribution in [0, 0.1) is 5.92 Å². The molecule has 0 amide bonds. The number of rotatable bonds is 6. The summed E-state index contributed by atoms with van der Waals surface area (Å²) < 4.78 is 5.01. The van der Waals surface area contributed by atoms with Gasteiger partial charge in [0, 0.05) is 0 Å². The van der Waals surface area contributed by atoms with Gasteiger partial charge >= 0.3 is 5.97 Å². The van der Waals surface area contributed by atoms with Crippen molar-refractivity contribution < 1.29 is 14.6 Å². The van der Waals surface area contributed by atoms with E-state index in [0.717, 1.165) is 0 Å². The maximum Gasteiger partial charge on any atom is 0.308 e. The van der Waals surface area contributed by atoms with Gasteiger partial charge in [-0.2, -0.15) is 0 Å². The van der Waals surface area contributed by atoms with Crippen molar-refractivity contribution in [2.45, 2.75) is 6.92 Å². The molecular formula is C7H15N3O3. The maximum atomic E-state index is 10.3. The molecule has 13 heavy (non-hydrogen) atoms. The van der Waals surface area contributed by atoms with Crippen LogP contribution in [0.3, 0.4) is 0 Å². The lowest BCUT2D eigenvalue weighted by atomic mass is 10.2. The molecule has 0 aliphatic heterocycles. The van der Waals surface area contributed by atoms with Crippen molar-refractivity contribution in [2.75, 3.05) is 19.8 Å². The molecule has 0 aromatic heterocycles. The van der Waals surface area contributed by atoms with Gasteiger partial charge in [0.15, 0.2) is 5.96 Å². The van der Waals surface area contributed by atoms with E-state index in [1.54, 1.807) is 6.92 Å². The average molecular weight is 189 g/mol. The number of nitrogens with two attached hydrogens (primary N) is 2. The van der Waals surface area contributed by atoms with Crippen molar-refractivity contribution in [3.63, 3.8) is 0 Å². The summed E-state index contributed by atoms with van der Waals surface area (Å²) in [4.78, 5) is 14.0. The smallest absolute Gasteiger partial charge is 0.308 e. The average Bonchev–Trinajstić information content (AvgIpc) is 2.02. The number of aliphatic carboxylic acids is 1. The molecule has 5 N–H and O–H groups in total. The number of ether oxygens (including phenoxy) is 1. The zero-order valence-corrected chi connectivity index (χ0v) is 7.56. The summed E-state index contributed by atoms with van der Waals surface area (Å²) in [6, 6.07) is 0. The second-order valence-electron chi connectivity index (χ2n) is 2.62. The van der Waals surface area contributed by atoms with E-state index in [-0.39, 0.29) is 12.6 Å². The second kappa shape index (κ2) is 6.24. The molecule has 0 aromatic carbocycles. The third-order valence-electron chi connectivity index (χ3n) is 1.32. The fourth-order valence-electron chi connectivity index (χ4n) is 0.571. The Bertz CT molecular complexity index is 189. The molecule has 1 unspecified atom stereocenters. The lowest BCUT2D eigenvalue weighted by Crippen LogP contribution is -2.24. The molecule has 0 heterocycles. The Morgan fingerprint density at radius 3 is 2.69 bits per heavy atom. The van der Waals surface area contributed by atoms with Gasteiger partial charge in [0.1, 0.15) is 0 Å². The number of carboxylic acids is 1. The third-order valence-corrected chi connectivity index (χ3v) is 1.32. The van der Waals surface area contributed by atoms with E-state index >= 15 is 0 Å². The highest BCUT2D eigenvalue weighted by molar-refractivity contribution is 5.75. The quantitative estimate of drug-likeness (QED) is 0.282. The normalized spacial score (nSPS) is 12.1. The molecule has 76 valence electrons. The molecule has 0 saturated carbocycles. The zero-order chi connectivity index (χ0) is 10.3.